The Morgan fingerprint density at radius 2 is 0.917 bits per heavy atom. The van der Waals surface area contributed by atoms with E-state index >= 15 is 13.2 Å². The van der Waals surface area contributed by atoms with Gasteiger partial charge >= 0.3 is 6.18 Å². The van der Waals surface area contributed by atoms with Crippen LogP contribution in [0.3, 0.4) is 0 Å². The number of halogens is 3. The van der Waals surface area contributed by atoms with E-state index in [4.69, 9.17) is 0 Å². The summed E-state index contributed by atoms with van der Waals surface area (Å²) in [5, 5.41) is 13.7. The van der Waals surface area contributed by atoms with E-state index in [1.807, 2.05) is 92.9 Å². The van der Waals surface area contributed by atoms with Gasteiger partial charge in [-0.05, 0) is 85.3 Å². The van der Waals surface area contributed by atoms with Gasteiger partial charge in [0.2, 0.25) is 0 Å². The zero-order valence-electron chi connectivity index (χ0n) is 26.9. The summed E-state index contributed by atoms with van der Waals surface area (Å²) in [4.78, 5) is 0. The van der Waals surface area contributed by atoms with Crippen molar-refractivity contribution in [1.29, 1.82) is 5.26 Å². The topological polar surface area (TPSA) is 33.6 Å². The predicted octanol–water partition coefficient (Wildman–Crippen LogP) is 11.7. The second kappa shape index (κ2) is 10.6. The largest absolute Gasteiger partial charge is 0.417 e. The van der Waals surface area contributed by atoms with E-state index < -0.39 is 11.7 Å². The molecule has 3 nitrogen and oxygen atoms in total. The number of alkyl halides is 3. The molecule has 48 heavy (non-hydrogen) atoms. The molecule has 0 unspecified atom stereocenters. The number of fused-ring (bicyclic) bond motifs is 6. The molecule has 0 fully saturated rings. The third-order valence-corrected chi connectivity index (χ3v) is 9.63. The molecule has 0 saturated carbocycles. The van der Waals surface area contributed by atoms with Crippen molar-refractivity contribution in [1.82, 2.24) is 9.13 Å². The number of nitrogens with zero attached hydrogens (tertiary/aromatic N) is 3. The van der Waals surface area contributed by atoms with Gasteiger partial charge in [0.05, 0.1) is 50.6 Å². The lowest BCUT2D eigenvalue weighted by molar-refractivity contribution is -0.137. The lowest BCUT2D eigenvalue weighted by Gasteiger charge is -2.23. The summed E-state index contributed by atoms with van der Waals surface area (Å²) in [6.07, 6.45) is -4.68. The molecule has 6 heteroatoms. The van der Waals surface area contributed by atoms with Crippen LogP contribution in [0.1, 0.15) is 33.4 Å². The molecule has 234 valence electrons. The van der Waals surface area contributed by atoms with Crippen molar-refractivity contribution in [2.24, 2.45) is 0 Å². The summed E-state index contributed by atoms with van der Waals surface area (Å²) < 4.78 is 50.2. The first kappa shape index (κ1) is 29.6. The van der Waals surface area contributed by atoms with Crippen LogP contribution < -0.4 is 0 Å². The number of para-hydroxylation sites is 4. The Hall–Kier alpha value is -5.80. The molecular weight excluding hydrogens is 603 g/mol. The van der Waals surface area contributed by atoms with Crippen LogP contribution in [0.4, 0.5) is 13.2 Å². The van der Waals surface area contributed by atoms with Crippen molar-refractivity contribution in [2.45, 2.75) is 33.9 Å². The van der Waals surface area contributed by atoms with Gasteiger partial charge < -0.3 is 9.13 Å². The third kappa shape index (κ3) is 4.28. The molecule has 0 radical (unpaired) electrons. The number of hydrogen-bond acceptors (Lipinski definition) is 1. The van der Waals surface area contributed by atoms with Crippen LogP contribution in [0.2, 0.25) is 0 Å². The molecule has 0 aliphatic heterocycles. The first-order valence-corrected chi connectivity index (χ1v) is 15.8. The highest BCUT2D eigenvalue weighted by molar-refractivity contribution is 6.13. The SMILES string of the molecule is Cc1cccc2c3cccc(C)c3n(-c3cc(-c4cccc(C#N)c4)c(C(F)(F)F)cc3-n3c4c(C)cccc4c4cccc(C)c43)c12. The van der Waals surface area contributed by atoms with Gasteiger partial charge in [0.1, 0.15) is 0 Å². The minimum atomic E-state index is -4.68. The smallest absolute Gasteiger partial charge is 0.307 e. The van der Waals surface area contributed by atoms with Crippen molar-refractivity contribution >= 4 is 43.6 Å². The minimum Gasteiger partial charge on any atom is -0.307 e. The molecule has 0 N–H and O–H groups in total. The molecule has 0 atom stereocenters. The van der Waals surface area contributed by atoms with Gasteiger partial charge in [0.25, 0.3) is 0 Å². The van der Waals surface area contributed by atoms with Crippen LogP contribution in [0.25, 0.3) is 66.1 Å². The fourth-order valence-corrected chi connectivity index (χ4v) is 7.56. The monoisotopic (exact) mass is 633 g/mol. The second-order valence-electron chi connectivity index (χ2n) is 12.6. The Balaban J connectivity index is 1.66. The zero-order chi connectivity index (χ0) is 33.5. The Labute approximate surface area is 275 Å². The van der Waals surface area contributed by atoms with Crippen molar-refractivity contribution in [3.63, 3.8) is 0 Å². The normalized spacial score (nSPS) is 12.0. The molecule has 2 aromatic heterocycles. The van der Waals surface area contributed by atoms with Gasteiger partial charge in [-0.25, -0.2) is 0 Å². The highest BCUT2D eigenvalue weighted by Gasteiger charge is 2.36. The van der Waals surface area contributed by atoms with E-state index in [1.54, 1.807) is 24.3 Å². The van der Waals surface area contributed by atoms with Gasteiger partial charge in [-0.3, -0.25) is 0 Å². The van der Waals surface area contributed by atoms with Gasteiger partial charge in [-0.1, -0.05) is 84.9 Å². The molecular formula is C42H30F3N3. The summed E-state index contributed by atoms with van der Waals surface area (Å²) in [7, 11) is 0. The van der Waals surface area contributed by atoms with E-state index in [1.165, 1.54) is 12.1 Å². The van der Waals surface area contributed by atoms with Gasteiger partial charge in [0.15, 0.2) is 0 Å². The molecule has 0 aliphatic carbocycles. The molecule has 0 aliphatic rings. The minimum absolute atomic E-state index is 0.0183. The Morgan fingerprint density at radius 1 is 0.521 bits per heavy atom. The van der Waals surface area contributed by atoms with Crippen LogP contribution in [0.15, 0.2) is 109 Å². The fourth-order valence-electron chi connectivity index (χ4n) is 7.56. The highest BCUT2D eigenvalue weighted by atomic mass is 19.4. The zero-order valence-corrected chi connectivity index (χ0v) is 26.9. The van der Waals surface area contributed by atoms with Crippen LogP contribution in [-0.4, -0.2) is 9.13 Å². The summed E-state index contributed by atoms with van der Waals surface area (Å²) in [5.41, 5.74) is 8.48. The molecule has 0 saturated heterocycles. The van der Waals surface area contributed by atoms with Gasteiger partial charge in [0, 0.05) is 21.5 Å². The third-order valence-electron chi connectivity index (χ3n) is 9.63. The first-order valence-electron chi connectivity index (χ1n) is 15.8. The van der Waals surface area contributed by atoms with Crippen molar-refractivity contribution in [3.05, 3.63) is 143 Å². The van der Waals surface area contributed by atoms with Crippen molar-refractivity contribution in [3.8, 4) is 28.6 Å². The number of aryl methyl sites for hydroxylation is 4. The Kier molecular flexibility index (Phi) is 6.54. The summed E-state index contributed by atoms with van der Waals surface area (Å²) in [6.45, 7) is 8.10. The van der Waals surface area contributed by atoms with Crippen LogP contribution in [0, 0.1) is 39.0 Å². The van der Waals surface area contributed by atoms with E-state index in [0.717, 1.165) is 65.9 Å². The van der Waals surface area contributed by atoms with Crippen molar-refractivity contribution < 1.29 is 13.2 Å². The standard InChI is InChI=1S/C42H30F3N3/c1-24-10-5-16-30-31-17-6-11-25(2)39(31)47(38(24)30)36-21-34(29-15-9-14-28(20-29)23-46)35(42(43,44)45)22-37(36)48-40-26(3)12-7-18-32(40)33-19-8-13-27(4)41(33)48/h5-22H,1-4H3. The highest BCUT2D eigenvalue weighted by Crippen LogP contribution is 2.46. The number of aromatic nitrogens is 2. The second-order valence-corrected chi connectivity index (χ2v) is 12.6. The first-order chi connectivity index (χ1) is 23.1. The summed E-state index contributed by atoms with van der Waals surface area (Å²) >= 11 is 0. The molecule has 0 amide bonds. The van der Waals surface area contributed by atoms with Crippen LogP contribution in [0.5, 0.6) is 0 Å². The summed E-state index contributed by atoms with van der Waals surface area (Å²) in [5.74, 6) is 0. The average Bonchev–Trinajstić information content (AvgIpc) is 3.60. The molecule has 0 spiro atoms. The predicted molar refractivity (Wildman–Crippen MR) is 189 cm³/mol. The van der Waals surface area contributed by atoms with E-state index in [2.05, 4.69) is 22.8 Å². The Morgan fingerprint density at radius 3 is 1.31 bits per heavy atom. The Bertz CT molecular complexity index is 2540. The lowest BCUT2D eigenvalue weighted by atomic mass is 9.95. The molecule has 0 bridgehead atoms. The molecule has 6 aromatic carbocycles. The lowest BCUT2D eigenvalue weighted by Crippen LogP contribution is -2.12. The van der Waals surface area contributed by atoms with E-state index in [9.17, 15) is 5.26 Å². The maximum Gasteiger partial charge on any atom is 0.417 e. The fraction of sp³-hybridized carbons (Fsp3) is 0.119. The number of hydrogen-bond donors (Lipinski definition) is 0. The van der Waals surface area contributed by atoms with E-state index in [-0.39, 0.29) is 5.56 Å². The molecule has 8 aromatic rings. The van der Waals surface area contributed by atoms with Crippen molar-refractivity contribution in [2.75, 3.05) is 0 Å². The van der Waals surface area contributed by atoms with Crippen LogP contribution >= 0.6 is 0 Å². The molecule has 8 rings (SSSR count). The van der Waals surface area contributed by atoms with Gasteiger partial charge in [-0.15, -0.1) is 0 Å². The molecule has 2 heterocycles. The summed E-state index contributed by atoms with van der Waals surface area (Å²) in [6, 6.07) is 35.9. The van der Waals surface area contributed by atoms with Crippen LogP contribution in [-0.2, 0) is 6.18 Å². The van der Waals surface area contributed by atoms with Gasteiger partial charge in [-0.2, -0.15) is 18.4 Å². The average molecular weight is 634 g/mol. The number of nitriles is 1. The maximum absolute atomic E-state index is 15.4. The maximum atomic E-state index is 15.4. The quantitative estimate of drug-likeness (QED) is 0.191. The van der Waals surface area contributed by atoms with E-state index in [0.29, 0.717) is 22.5 Å². The number of rotatable bonds is 3. The number of benzene rings is 6.